The van der Waals surface area contributed by atoms with Crippen LogP contribution >= 0.6 is 11.6 Å². The summed E-state index contributed by atoms with van der Waals surface area (Å²) in [5, 5.41) is 0.499. The largest absolute Gasteiger partial charge is 0.597 e. The second-order valence-corrected chi connectivity index (χ2v) is 8.77. The highest BCUT2D eigenvalue weighted by molar-refractivity contribution is 7.90. The van der Waals surface area contributed by atoms with Crippen molar-refractivity contribution >= 4 is 23.0 Å². The highest BCUT2D eigenvalue weighted by Gasteiger charge is 2.50. The third-order valence-electron chi connectivity index (χ3n) is 3.82. The molecule has 1 unspecified atom stereocenters. The van der Waals surface area contributed by atoms with Gasteiger partial charge in [-0.1, -0.05) is 11.6 Å². The van der Waals surface area contributed by atoms with Crippen LogP contribution in [0.25, 0.3) is 0 Å². The van der Waals surface area contributed by atoms with Crippen molar-refractivity contribution in [1.29, 1.82) is 0 Å². The average molecular weight is 301 g/mol. The normalized spacial score (nSPS) is 20.2. The highest BCUT2D eigenvalue weighted by atomic mass is 35.5. The number of pyridine rings is 1. The Hall–Kier alpha value is -0.290. The lowest BCUT2D eigenvalue weighted by atomic mass is 9.72. The van der Waals surface area contributed by atoms with E-state index in [4.69, 9.17) is 11.6 Å². The van der Waals surface area contributed by atoms with E-state index in [0.717, 1.165) is 24.8 Å². The van der Waals surface area contributed by atoms with Crippen LogP contribution in [0.3, 0.4) is 0 Å². The molecule has 0 aromatic carbocycles. The van der Waals surface area contributed by atoms with E-state index in [0.29, 0.717) is 5.15 Å². The number of hydrogen-bond donors (Lipinski definition) is 0. The first-order chi connectivity index (χ1) is 8.77. The third kappa shape index (κ3) is 2.77. The van der Waals surface area contributed by atoms with Gasteiger partial charge in [-0.3, -0.25) is 0 Å². The molecule has 0 amide bonds. The number of halogens is 1. The van der Waals surface area contributed by atoms with Gasteiger partial charge in [0, 0.05) is 24.6 Å². The van der Waals surface area contributed by atoms with E-state index in [-0.39, 0.29) is 10.3 Å². The zero-order valence-electron chi connectivity index (χ0n) is 11.9. The summed E-state index contributed by atoms with van der Waals surface area (Å²) in [4.78, 5) is 4.04. The topological polar surface area (TPSA) is 39.2 Å². The molecule has 1 fully saturated rings. The van der Waals surface area contributed by atoms with Gasteiger partial charge in [0.1, 0.15) is 9.90 Å². The lowest BCUT2D eigenvalue weighted by Gasteiger charge is -2.49. The summed E-state index contributed by atoms with van der Waals surface area (Å²) < 4.78 is 14.4. The Morgan fingerprint density at radius 1 is 1.42 bits per heavy atom. The third-order valence-corrected chi connectivity index (χ3v) is 5.92. The molecule has 5 heteroatoms. The molecule has 1 aliphatic carbocycles. The van der Waals surface area contributed by atoms with Crippen LogP contribution in [-0.4, -0.2) is 25.6 Å². The molecule has 19 heavy (non-hydrogen) atoms. The first kappa shape index (κ1) is 15.1. The number of hydrogen-bond acceptors (Lipinski definition) is 3. The molecule has 1 heterocycles. The Kier molecular flexibility index (Phi) is 4.17. The maximum Gasteiger partial charge on any atom is 0.137 e. The predicted molar refractivity (Wildman–Crippen MR) is 80.4 cm³/mol. The van der Waals surface area contributed by atoms with E-state index in [1.807, 2.05) is 44.3 Å². The molecule has 1 saturated carbocycles. The molecule has 106 valence electrons. The van der Waals surface area contributed by atoms with Crippen LogP contribution in [0.2, 0.25) is 5.15 Å². The van der Waals surface area contributed by atoms with Crippen molar-refractivity contribution in [2.45, 2.75) is 50.3 Å². The molecular weight excluding hydrogens is 280 g/mol. The molecule has 0 radical (unpaired) electrons. The smallest absolute Gasteiger partial charge is 0.137 e. The fraction of sp³-hybridized carbons (Fsp3) is 0.643. The van der Waals surface area contributed by atoms with E-state index < -0.39 is 11.4 Å². The quantitative estimate of drug-likeness (QED) is 0.633. The minimum Gasteiger partial charge on any atom is -0.597 e. The van der Waals surface area contributed by atoms with E-state index in [9.17, 15) is 4.55 Å². The summed E-state index contributed by atoms with van der Waals surface area (Å²) >= 11 is 4.96. The summed E-state index contributed by atoms with van der Waals surface area (Å²) in [5.41, 5.74) is 0.976. The van der Waals surface area contributed by atoms with Gasteiger partial charge in [0.25, 0.3) is 0 Å². The van der Waals surface area contributed by atoms with E-state index >= 15 is 0 Å². The molecule has 0 spiro atoms. The Labute approximate surface area is 123 Å². The van der Waals surface area contributed by atoms with Crippen LogP contribution in [0.5, 0.6) is 0 Å². The Morgan fingerprint density at radius 2 is 2.05 bits per heavy atom. The second kappa shape index (κ2) is 5.24. The van der Waals surface area contributed by atoms with Crippen LogP contribution < -0.4 is 0 Å². The molecular formula is C14H21ClN2OS. The van der Waals surface area contributed by atoms with Gasteiger partial charge in [-0.15, -0.1) is 4.31 Å². The molecule has 2 rings (SSSR count). The predicted octanol–water partition coefficient (Wildman–Crippen LogP) is 3.51. The fourth-order valence-corrected chi connectivity index (χ4v) is 4.16. The summed E-state index contributed by atoms with van der Waals surface area (Å²) in [7, 11) is 1.95. The summed E-state index contributed by atoms with van der Waals surface area (Å²) in [5.74, 6) is 0. The molecule has 0 N–H and O–H groups in total. The fourth-order valence-electron chi connectivity index (χ4n) is 2.56. The number of nitrogens with zero attached hydrogens (tertiary/aromatic N) is 2. The zero-order valence-corrected chi connectivity index (χ0v) is 13.5. The van der Waals surface area contributed by atoms with Crippen molar-refractivity contribution in [3.05, 3.63) is 29.0 Å². The Balaban J connectivity index is 2.33. The van der Waals surface area contributed by atoms with Gasteiger partial charge in [-0.2, -0.15) is 0 Å². The first-order valence-electron chi connectivity index (χ1n) is 6.55. The van der Waals surface area contributed by atoms with Crippen LogP contribution in [-0.2, 0) is 16.9 Å². The highest BCUT2D eigenvalue weighted by Crippen LogP contribution is 2.48. The van der Waals surface area contributed by atoms with Crippen molar-refractivity contribution < 1.29 is 4.55 Å². The van der Waals surface area contributed by atoms with Gasteiger partial charge >= 0.3 is 0 Å². The monoisotopic (exact) mass is 300 g/mol. The maximum atomic E-state index is 12.7. The van der Waals surface area contributed by atoms with Crippen molar-refractivity contribution in [3.8, 4) is 0 Å². The van der Waals surface area contributed by atoms with Crippen LogP contribution in [0.4, 0.5) is 0 Å². The number of aromatic nitrogens is 1. The molecule has 1 aliphatic rings. The van der Waals surface area contributed by atoms with Crippen molar-refractivity contribution in [3.63, 3.8) is 0 Å². The Morgan fingerprint density at radius 3 is 2.47 bits per heavy atom. The summed E-state index contributed by atoms with van der Waals surface area (Å²) in [6, 6.07) is 3.89. The minimum absolute atomic E-state index is 0.148. The van der Waals surface area contributed by atoms with E-state index in [2.05, 4.69) is 4.98 Å². The molecule has 1 atom stereocenters. The van der Waals surface area contributed by atoms with E-state index in [1.165, 1.54) is 0 Å². The van der Waals surface area contributed by atoms with Crippen molar-refractivity contribution in [2.75, 3.05) is 7.05 Å². The second-order valence-electron chi connectivity index (χ2n) is 6.11. The lowest BCUT2D eigenvalue weighted by molar-refractivity contribution is 0.104. The molecule has 1 aromatic heterocycles. The van der Waals surface area contributed by atoms with Gasteiger partial charge in [0.15, 0.2) is 0 Å². The van der Waals surface area contributed by atoms with Gasteiger partial charge in [0.05, 0.1) is 5.54 Å². The van der Waals surface area contributed by atoms with Crippen LogP contribution in [0, 0.1) is 0 Å². The van der Waals surface area contributed by atoms with E-state index in [1.54, 1.807) is 6.20 Å². The minimum atomic E-state index is -1.04. The van der Waals surface area contributed by atoms with Gasteiger partial charge in [-0.25, -0.2) is 4.98 Å². The molecule has 0 saturated heterocycles. The number of rotatable bonds is 3. The van der Waals surface area contributed by atoms with Crippen LogP contribution in [0.15, 0.2) is 18.3 Å². The van der Waals surface area contributed by atoms with Crippen molar-refractivity contribution in [1.82, 2.24) is 9.29 Å². The van der Waals surface area contributed by atoms with Gasteiger partial charge < -0.3 is 4.55 Å². The summed E-state index contributed by atoms with van der Waals surface area (Å²) in [6.45, 7) is 6.02. The molecule has 3 nitrogen and oxygen atoms in total. The molecule has 0 bridgehead atoms. The SMILES string of the molecule is CN([S+]([O-])C(C)(C)C)C1(c2ccnc(Cl)c2)CCC1. The Bertz CT molecular complexity index is 457. The summed E-state index contributed by atoms with van der Waals surface area (Å²) in [6.07, 6.45) is 4.93. The van der Waals surface area contributed by atoms with Gasteiger partial charge in [-0.05, 0) is 57.7 Å². The van der Waals surface area contributed by atoms with Crippen molar-refractivity contribution in [2.24, 2.45) is 0 Å². The van der Waals surface area contributed by atoms with Gasteiger partial charge in [0.2, 0.25) is 0 Å². The lowest BCUT2D eigenvalue weighted by Crippen LogP contribution is -2.55. The first-order valence-corrected chi connectivity index (χ1v) is 8.04. The zero-order chi connectivity index (χ0) is 14.3. The standard InChI is InChI=1S/C14H21ClN2OS/c1-13(2,3)19(18)17(4)14(7-5-8-14)11-6-9-16-12(15)10-11/h6,9-10H,5,7-8H2,1-4H3. The van der Waals surface area contributed by atoms with Crippen LogP contribution in [0.1, 0.15) is 45.6 Å². The average Bonchev–Trinajstić information content (AvgIpc) is 2.25. The molecule has 1 aromatic rings. The maximum absolute atomic E-state index is 12.7. The molecule has 0 aliphatic heterocycles.